The molecule has 0 saturated carbocycles. The molecule has 0 amide bonds. The average molecular weight is 403 g/mol. The number of ether oxygens (including phenoxy) is 1. The number of hydrogen-bond acceptors (Lipinski definition) is 6. The molecule has 1 aliphatic heterocycles. The van der Waals surface area contributed by atoms with Crippen LogP contribution in [-0.4, -0.2) is 58.0 Å². The molecule has 4 rings (SSSR count). The highest BCUT2D eigenvalue weighted by molar-refractivity contribution is 5.30. The number of H-pyrrole nitrogens is 1. The number of hydrogen-bond donors (Lipinski definition) is 1. The molecule has 1 N–H and O–H groups in total. The smallest absolute Gasteiger partial charge is 0.316 e. The van der Waals surface area contributed by atoms with Gasteiger partial charge in [-0.25, -0.2) is 4.98 Å². The third-order valence-electron chi connectivity index (χ3n) is 5.41. The van der Waals surface area contributed by atoms with Crippen molar-refractivity contribution in [1.82, 2.24) is 24.8 Å². The number of piperazine rings is 1. The number of rotatable bonds is 7. The molecular weight excluding hydrogens is 376 g/mol. The average Bonchev–Trinajstić information content (AvgIpc) is 3.30. The Morgan fingerprint density at radius 1 is 1.10 bits per heavy atom. The van der Waals surface area contributed by atoms with Gasteiger partial charge in [-0.1, -0.05) is 24.3 Å². The maximum absolute atomic E-state index is 9.53. The lowest BCUT2D eigenvalue weighted by Gasteiger charge is -2.32. The highest BCUT2D eigenvalue weighted by Crippen LogP contribution is 2.22. The summed E-state index contributed by atoms with van der Waals surface area (Å²) in [5.41, 5.74) is 3.79. The van der Waals surface area contributed by atoms with Gasteiger partial charge in [-0.05, 0) is 36.4 Å². The Kier molecular flexibility index (Phi) is 6.38. The van der Waals surface area contributed by atoms with E-state index >= 15 is 0 Å². The summed E-state index contributed by atoms with van der Waals surface area (Å²) in [6.45, 7) is 5.85. The van der Waals surface area contributed by atoms with E-state index in [1.165, 1.54) is 5.56 Å². The second-order valence-corrected chi connectivity index (χ2v) is 7.64. The molecule has 30 heavy (non-hydrogen) atoms. The number of likely N-dealkylation sites (N-methyl/N-ethyl adjacent to an activating group) is 1. The zero-order valence-electron chi connectivity index (χ0n) is 17.2. The van der Waals surface area contributed by atoms with Crippen LogP contribution in [-0.2, 0) is 13.2 Å². The normalized spacial score (nSPS) is 16.1. The highest BCUT2D eigenvalue weighted by atomic mass is 16.5. The first-order chi connectivity index (χ1) is 14.7. The van der Waals surface area contributed by atoms with E-state index in [0.29, 0.717) is 12.3 Å². The summed E-state index contributed by atoms with van der Waals surface area (Å²) in [6, 6.07) is 16.5. The van der Waals surface area contributed by atoms with Gasteiger partial charge in [0, 0.05) is 50.8 Å². The fourth-order valence-electron chi connectivity index (χ4n) is 3.56. The van der Waals surface area contributed by atoms with Gasteiger partial charge < -0.3 is 14.6 Å². The SMILES string of the molecule is CN1CCN(Cc2ccc(COc3nccc(C(C#N)c4ccc[nH]4)n3)cc2)CC1. The van der Waals surface area contributed by atoms with Crippen LogP contribution in [0.2, 0.25) is 0 Å². The van der Waals surface area contributed by atoms with E-state index < -0.39 is 5.92 Å². The summed E-state index contributed by atoms with van der Waals surface area (Å²) in [7, 11) is 2.17. The van der Waals surface area contributed by atoms with Gasteiger partial charge in [-0.15, -0.1) is 0 Å². The molecular formula is C23H26N6O. The largest absolute Gasteiger partial charge is 0.459 e. The Hall–Kier alpha value is -3.21. The third kappa shape index (κ3) is 5.03. The number of nitrogens with zero attached hydrogens (tertiary/aromatic N) is 5. The topological polar surface area (TPSA) is 81.1 Å². The van der Waals surface area contributed by atoms with Crippen LogP contribution in [0.5, 0.6) is 6.01 Å². The Labute approximate surface area is 176 Å². The molecule has 0 radical (unpaired) electrons. The summed E-state index contributed by atoms with van der Waals surface area (Å²) in [4.78, 5) is 16.5. The number of nitriles is 1. The van der Waals surface area contributed by atoms with Crippen LogP contribution >= 0.6 is 0 Å². The van der Waals surface area contributed by atoms with Gasteiger partial charge >= 0.3 is 6.01 Å². The van der Waals surface area contributed by atoms with Crippen LogP contribution < -0.4 is 4.74 Å². The zero-order valence-corrected chi connectivity index (χ0v) is 17.2. The van der Waals surface area contributed by atoms with Crippen molar-refractivity contribution in [3.63, 3.8) is 0 Å². The van der Waals surface area contributed by atoms with Crippen molar-refractivity contribution in [1.29, 1.82) is 5.26 Å². The molecule has 1 atom stereocenters. The first-order valence-electron chi connectivity index (χ1n) is 10.2. The van der Waals surface area contributed by atoms with Crippen LogP contribution in [0.15, 0.2) is 54.9 Å². The first kappa shape index (κ1) is 20.1. The lowest BCUT2D eigenvalue weighted by Crippen LogP contribution is -2.43. The molecule has 0 aliphatic carbocycles. The monoisotopic (exact) mass is 402 g/mol. The Morgan fingerprint density at radius 2 is 1.87 bits per heavy atom. The lowest BCUT2D eigenvalue weighted by atomic mass is 10.0. The van der Waals surface area contributed by atoms with Gasteiger partial charge in [0.05, 0.1) is 11.8 Å². The van der Waals surface area contributed by atoms with E-state index in [4.69, 9.17) is 4.74 Å². The minimum absolute atomic E-state index is 0.279. The van der Waals surface area contributed by atoms with E-state index in [0.717, 1.165) is 44.0 Å². The van der Waals surface area contributed by atoms with E-state index in [2.05, 4.69) is 62.1 Å². The molecule has 1 fully saturated rings. The molecule has 3 aromatic rings. The zero-order chi connectivity index (χ0) is 20.8. The van der Waals surface area contributed by atoms with E-state index in [1.54, 1.807) is 18.5 Å². The molecule has 2 aromatic heterocycles. The summed E-state index contributed by atoms with van der Waals surface area (Å²) in [5, 5.41) is 9.53. The molecule has 7 nitrogen and oxygen atoms in total. The fraction of sp³-hybridized carbons (Fsp3) is 0.348. The van der Waals surface area contributed by atoms with E-state index in [9.17, 15) is 5.26 Å². The fourth-order valence-corrected chi connectivity index (χ4v) is 3.56. The molecule has 154 valence electrons. The molecule has 0 bridgehead atoms. The van der Waals surface area contributed by atoms with Crippen molar-refractivity contribution in [2.24, 2.45) is 0 Å². The molecule has 3 heterocycles. The summed E-state index contributed by atoms with van der Waals surface area (Å²) < 4.78 is 5.79. The van der Waals surface area contributed by atoms with Crippen LogP contribution in [0.1, 0.15) is 28.4 Å². The maximum Gasteiger partial charge on any atom is 0.316 e. The van der Waals surface area contributed by atoms with E-state index in [-0.39, 0.29) is 6.01 Å². The van der Waals surface area contributed by atoms with Crippen molar-refractivity contribution in [2.45, 2.75) is 19.1 Å². The van der Waals surface area contributed by atoms with Crippen molar-refractivity contribution in [2.75, 3.05) is 33.2 Å². The number of aromatic amines is 1. The molecule has 1 aromatic carbocycles. The van der Waals surface area contributed by atoms with Crippen molar-refractivity contribution < 1.29 is 4.74 Å². The predicted molar refractivity (Wildman–Crippen MR) is 114 cm³/mol. The summed E-state index contributed by atoms with van der Waals surface area (Å²) in [6.07, 6.45) is 3.43. The Morgan fingerprint density at radius 3 is 2.57 bits per heavy atom. The van der Waals surface area contributed by atoms with Gasteiger partial charge in [-0.3, -0.25) is 4.90 Å². The highest BCUT2D eigenvalue weighted by Gasteiger charge is 2.17. The van der Waals surface area contributed by atoms with Crippen molar-refractivity contribution in [3.05, 3.63) is 77.4 Å². The molecule has 1 saturated heterocycles. The minimum atomic E-state index is -0.473. The second-order valence-electron chi connectivity index (χ2n) is 7.64. The number of benzene rings is 1. The van der Waals surface area contributed by atoms with E-state index in [1.807, 2.05) is 12.1 Å². The van der Waals surface area contributed by atoms with Gasteiger partial charge in [0.1, 0.15) is 12.5 Å². The molecule has 1 unspecified atom stereocenters. The Bertz CT molecular complexity index is 972. The quantitative estimate of drug-likeness (QED) is 0.655. The standard InChI is InChI=1S/C23H26N6O/c1-28-11-13-29(14-12-28)16-18-4-6-19(7-5-18)17-30-23-26-10-8-22(27-23)20(15-24)21-3-2-9-25-21/h2-10,20,25H,11-14,16-17H2,1H3. The first-order valence-corrected chi connectivity index (χ1v) is 10.2. The van der Waals surface area contributed by atoms with Gasteiger partial charge in [-0.2, -0.15) is 10.2 Å². The number of nitrogens with one attached hydrogen (secondary N) is 1. The van der Waals surface area contributed by atoms with Crippen molar-refractivity contribution >= 4 is 0 Å². The molecule has 0 spiro atoms. The molecule has 1 aliphatic rings. The third-order valence-corrected chi connectivity index (χ3v) is 5.41. The summed E-state index contributed by atoms with van der Waals surface area (Å²) in [5.74, 6) is -0.473. The van der Waals surface area contributed by atoms with Crippen LogP contribution in [0.4, 0.5) is 0 Å². The van der Waals surface area contributed by atoms with Crippen LogP contribution in [0, 0.1) is 11.3 Å². The predicted octanol–water partition coefficient (Wildman–Crippen LogP) is 2.79. The molecule has 7 heteroatoms. The van der Waals surface area contributed by atoms with Crippen LogP contribution in [0.25, 0.3) is 0 Å². The van der Waals surface area contributed by atoms with Gasteiger partial charge in [0.15, 0.2) is 0 Å². The van der Waals surface area contributed by atoms with Crippen molar-refractivity contribution in [3.8, 4) is 12.1 Å². The lowest BCUT2D eigenvalue weighted by molar-refractivity contribution is 0.148. The van der Waals surface area contributed by atoms with Gasteiger partial charge in [0.25, 0.3) is 0 Å². The summed E-state index contributed by atoms with van der Waals surface area (Å²) >= 11 is 0. The Balaban J connectivity index is 1.34. The van der Waals surface area contributed by atoms with Crippen LogP contribution in [0.3, 0.4) is 0 Å². The van der Waals surface area contributed by atoms with Gasteiger partial charge in [0.2, 0.25) is 0 Å². The minimum Gasteiger partial charge on any atom is -0.459 e. The maximum atomic E-state index is 9.53. The number of aromatic nitrogens is 3. The second kappa shape index (κ2) is 9.53.